The van der Waals surface area contributed by atoms with E-state index in [9.17, 15) is 0 Å². The highest BCUT2D eigenvalue weighted by molar-refractivity contribution is 7.99. The van der Waals surface area contributed by atoms with Gasteiger partial charge in [-0.05, 0) is 36.3 Å². The Morgan fingerprint density at radius 3 is 3.21 bits per heavy atom. The summed E-state index contributed by atoms with van der Waals surface area (Å²) in [5, 5.41) is 1.33. The molecule has 3 rings (SSSR count). The third kappa shape index (κ3) is 1.22. The first kappa shape index (κ1) is 8.30. The van der Waals surface area contributed by atoms with Gasteiger partial charge in [0.2, 0.25) is 0 Å². The average molecular weight is 201 g/mol. The van der Waals surface area contributed by atoms with E-state index in [4.69, 9.17) is 0 Å². The van der Waals surface area contributed by atoms with Crippen LogP contribution in [-0.2, 0) is 6.42 Å². The first-order chi connectivity index (χ1) is 6.95. The maximum Gasteiger partial charge on any atom is 0.0713 e. The van der Waals surface area contributed by atoms with E-state index in [1.807, 2.05) is 24.0 Å². The van der Waals surface area contributed by atoms with Gasteiger partial charge in [-0.3, -0.25) is 4.98 Å². The van der Waals surface area contributed by atoms with Gasteiger partial charge in [0.1, 0.15) is 0 Å². The molecule has 0 saturated carbocycles. The van der Waals surface area contributed by atoms with Gasteiger partial charge in [-0.1, -0.05) is 12.1 Å². The van der Waals surface area contributed by atoms with Crippen molar-refractivity contribution >= 4 is 22.7 Å². The number of fused-ring (bicyclic) bond motifs is 3. The molecule has 0 atom stereocenters. The van der Waals surface area contributed by atoms with Crippen molar-refractivity contribution in [2.24, 2.45) is 0 Å². The number of aryl methyl sites for hydroxylation is 1. The highest BCUT2D eigenvalue weighted by Gasteiger charge is 2.12. The Kier molecular flexibility index (Phi) is 1.95. The normalized spacial score (nSPS) is 15.4. The standard InChI is InChI=1S/C12H11NS/c1-4-10-11(13-7-1)6-5-9-3-2-8-14-12(9)10/h1,4-7H,2-3,8H2. The fraction of sp³-hybridized carbons (Fsp3) is 0.250. The molecule has 70 valence electrons. The monoisotopic (exact) mass is 201 g/mol. The maximum absolute atomic E-state index is 4.38. The predicted molar refractivity (Wildman–Crippen MR) is 60.8 cm³/mol. The molecule has 0 N–H and O–H groups in total. The summed E-state index contributed by atoms with van der Waals surface area (Å²) in [6.07, 6.45) is 4.40. The van der Waals surface area contributed by atoms with Crippen molar-refractivity contribution in [3.8, 4) is 0 Å². The Balaban J connectivity index is 2.34. The van der Waals surface area contributed by atoms with Crippen molar-refractivity contribution in [3.05, 3.63) is 36.0 Å². The van der Waals surface area contributed by atoms with Crippen LogP contribution in [0.5, 0.6) is 0 Å². The van der Waals surface area contributed by atoms with Gasteiger partial charge in [-0.25, -0.2) is 0 Å². The molecule has 0 radical (unpaired) electrons. The van der Waals surface area contributed by atoms with Gasteiger partial charge in [0, 0.05) is 16.5 Å². The first-order valence-electron chi connectivity index (χ1n) is 4.94. The molecule has 1 nitrogen and oxygen atoms in total. The number of hydrogen-bond acceptors (Lipinski definition) is 2. The van der Waals surface area contributed by atoms with E-state index in [1.165, 1.54) is 34.4 Å². The second kappa shape index (κ2) is 3.28. The Labute approximate surface area is 87.5 Å². The molecular formula is C12H11NS. The van der Waals surface area contributed by atoms with E-state index in [-0.39, 0.29) is 0 Å². The topological polar surface area (TPSA) is 12.9 Å². The van der Waals surface area contributed by atoms with Crippen LogP contribution < -0.4 is 0 Å². The fourth-order valence-corrected chi connectivity index (χ4v) is 3.15. The van der Waals surface area contributed by atoms with Crippen molar-refractivity contribution in [1.82, 2.24) is 4.98 Å². The second-order valence-corrected chi connectivity index (χ2v) is 4.68. The van der Waals surface area contributed by atoms with Gasteiger partial charge in [0.15, 0.2) is 0 Å². The highest BCUT2D eigenvalue weighted by Crippen LogP contribution is 2.35. The van der Waals surface area contributed by atoms with E-state index >= 15 is 0 Å². The third-order valence-corrected chi connectivity index (χ3v) is 3.92. The molecule has 0 bridgehead atoms. The molecule has 2 heterocycles. The van der Waals surface area contributed by atoms with Gasteiger partial charge in [-0.2, -0.15) is 0 Å². The Morgan fingerprint density at radius 2 is 2.21 bits per heavy atom. The fourth-order valence-electron chi connectivity index (χ4n) is 1.97. The maximum atomic E-state index is 4.38. The summed E-state index contributed by atoms with van der Waals surface area (Å²) in [6.45, 7) is 0. The van der Waals surface area contributed by atoms with Gasteiger partial charge >= 0.3 is 0 Å². The molecular weight excluding hydrogens is 190 g/mol. The molecule has 0 saturated heterocycles. The van der Waals surface area contributed by atoms with Crippen molar-refractivity contribution in [2.75, 3.05) is 5.75 Å². The number of rotatable bonds is 0. The molecule has 0 aliphatic carbocycles. The summed E-state index contributed by atoms with van der Waals surface area (Å²) < 4.78 is 0. The van der Waals surface area contributed by atoms with E-state index in [0.717, 1.165) is 5.52 Å². The van der Waals surface area contributed by atoms with Crippen molar-refractivity contribution in [3.63, 3.8) is 0 Å². The van der Waals surface area contributed by atoms with Crippen LogP contribution in [0, 0.1) is 0 Å². The zero-order valence-electron chi connectivity index (χ0n) is 7.86. The molecule has 1 aliphatic heterocycles. The zero-order chi connectivity index (χ0) is 9.38. The van der Waals surface area contributed by atoms with Crippen LogP contribution in [0.3, 0.4) is 0 Å². The summed E-state index contributed by atoms with van der Waals surface area (Å²) in [6, 6.07) is 8.58. The smallest absolute Gasteiger partial charge is 0.0713 e. The molecule has 0 unspecified atom stereocenters. The Morgan fingerprint density at radius 1 is 1.21 bits per heavy atom. The Bertz CT molecular complexity index is 479. The summed E-state index contributed by atoms with van der Waals surface area (Å²) in [7, 11) is 0. The quantitative estimate of drug-likeness (QED) is 0.648. The van der Waals surface area contributed by atoms with Crippen LogP contribution >= 0.6 is 11.8 Å². The molecule has 1 aliphatic rings. The van der Waals surface area contributed by atoms with Crippen molar-refractivity contribution in [2.45, 2.75) is 17.7 Å². The lowest BCUT2D eigenvalue weighted by Gasteiger charge is -2.16. The molecule has 0 fully saturated rings. The minimum Gasteiger partial charge on any atom is -0.256 e. The molecule has 1 aromatic heterocycles. The van der Waals surface area contributed by atoms with E-state index in [1.54, 1.807) is 0 Å². The number of pyridine rings is 1. The molecule has 2 heteroatoms. The largest absolute Gasteiger partial charge is 0.256 e. The molecule has 0 spiro atoms. The van der Waals surface area contributed by atoms with E-state index in [2.05, 4.69) is 23.2 Å². The van der Waals surface area contributed by atoms with Gasteiger partial charge < -0.3 is 0 Å². The molecule has 0 amide bonds. The van der Waals surface area contributed by atoms with Gasteiger partial charge in [-0.15, -0.1) is 11.8 Å². The van der Waals surface area contributed by atoms with Gasteiger partial charge in [0.25, 0.3) is 0 Å². The van der Waals surface area contributed by atoms with Crippen LogP contribution in [0.1, 0.15) is 12.0 Å². The highest BCUT2D eigenvalue weighted by atomic mass is 32.2. The predicted octanol–water partition coefficient (Wildman–Crippen LogP) is 3.27. The molecule has 14 heavy (non-hydrogen) atoms. The van der Waals surface area contributed by atoms with Crippen LogP contribution in [0.2, 0.25) is 0 Å². The Hall–Kier alpha value is -1.02. The number of thioether (sulfide) groups is 1. The van der Waals surface area contributed by atoms with E-state index in [0.29, 0.717) is 0 Å². The molecule has 1 aromatic carbocycles. The van der Waals surface area contributed by atoms with E-state index < -0.39 is 0 Å². The average Bonchev–Trinajstić information content (AvgIpc) is 2.29. The number of hydrogen-bond donors (Lipinski definition) is 0. The third-order valence-electron chi connectivity index (χ3n) is 2.65. The van der Waals surface area contributed by atoms with Crippen LogP contribution in [0.25, 0.3) is 10.9 Å². The number of nitrogens with zero attached hydrogens (tertiary/aromatic N) is 1. The van der Waals surface area contributed by atoms with Crippen LogP contribution in [0.15, 0.2) is 35.4 Å². The van der Waals surface area contributed by atoms with Crippen molar-refractivity contribution in [1.29, 1.82) is 0 Å². The number of aromatic nitrogens is 1. The van der Waals surface area contributed by atoms with Crippen LogP contribution in [0.4, 0.5) is 0 Å². The summed E-state index contributed by atoms with van der Waals surface area (Å²) in [5.41, 5.74) is 2.63. The lowest BCUT2D eigenvalue weighted by molar-refractivity contribution is 0.895. The first-order valence-corrected chi connectivity index (χ1v) is 5.93. The number of benzene rings is 1. The second-order valence-electron chi connectivity index (χ2n) is 3.58. The summed E-state index contributed by atoms with van der Waals surface area (Å²) in [5.74, 6) is 1.25. The van der Waals surface area contributed by atoms with Crippen LogP contribution in [-0.4, -0.2) is 10.7 Å². The minimum absolute atomic E-state index is 1.13. The lowest BCUT2D eigenvalue weighted by atomic mass is 10.1. The summed E-state index contributed by atoms with van der Waals surface area (Å²) in [4.78, 5) is 5.84. The van der Waals surface area contributed by atoms with Gasteiger partial charge in [0.05, 0.1) is 5.52 Å². The molecule has 2 aromatic rings. The SMILES string of the molecule is c1cnc2ccc3c(c2c1)SCCC3. The minimum atomic E-state index is 1.13. The van der Waals surface area contributed by atoms with Crippen molar-refractivity contribution < 1.29 is 0 Å². The summed E-state index contributed by atoms with van der Waals surface area (Å²) >= 11 is 1.98. The lowest BCUT2D eigenvalue weighted by Crippen LogP contribution is -1.98. The zero-order valence-corrected chi connectivity index (χ0v) is 8.68.